The summed E-state index contributed by atoms with van der Waals surface area (Å²) in [6, 6.07) is 10.3. The van der Waals surface area contributed by atoms with Gasteiger partial charge in [0.05, 0.1) is 17.7 Å². The van der Waals surface area contributed by atoms with Gasteiger partial charge in [-0.25, -0.2) is 4.79 Å². The average molecular weight is 436 g/mol. The molecular weight excluding hydrogens is 416 g/mol. The summed E-state index contributed by atoms with van der Waals surface area (Å²) in [5, 5.41) is 15.4. The highest BCUT2D eigenvalue weighted by Gasteiger charge is 2.36. The van der Waals surface area contributed by atoms with Crippen LogP contribution in [0.3, 0.4) is 0 Å². The van der Waals surface area contributed by atoms with E-state index < -0.39 is 5.91 Å². The molecule has 1 aromatic carbocycles. The number of hydrogen-bond acceptors (Lipinski definition) is 7. The summed E-state index contributed by atoms with van der Waals surface area (Å²) in [7, 11) is 0. The molecule has 0 atom stereocenters. The zero-order valence-corrected chi connectivity index (χ0v) is 18.0. The molecule has 2 aliphatic rings. The first kappa shape index (κ1) is 20.8. The van der Waals surface area contributed by atoms with Gasteiger partial charge in [0, 0.05) is 11.5 Å². The first-order valence-electron chi connectivity index (χ1n) is 9.75. The maximum atomic E-state index is 12.5. The van der Waals surface area contributed by atoms with E-state index in [1.165, 1.54) is 22.8 Å². The van der Waals surface area contributed by atoms with Crippen LogP contribution in [0.2, 0.25) is 0 Å². The predicted molar refractivity (Wildman–Crippen MR) is 120 cm³/mol. The number of thioether (sulfide) groups is 1. The van der Waals surface area contributed by atoms with Crippen LogP contribution in [0.4, 0.5) is 0 Å². The topological polar surface area (TPSA) is 108 Å². The number of nitrogens with zero attached hydrogens (tertiary/aromatic N) is 3. The van der Waals surface area contributed by atoms with Crippen molar-refractivity contribution in [2.75, 3.05) is 6.61 Å². The van der Waals surface area contributed by atoms with Crippen molar-refractivity contribution in [3.05, 3.63) is 53.3 Å². The molecule has 0 saturated heterocycles. The van der Waals surface area contributed by atoms with E-state index in [1.54, 1.807) is 43.3 Å². The molecule has 3 heterocycles. The van der Waals surface area contributed by atoms with Crippen molar-refractivity contribution >= 4 is 45.8 Å². The average Bonchev–Trinajstić information content (AvgIpc) is 3.39. The Balaban J connectivity index is 1.57. The van der Waals surface area contributed by atoms with Crippen molar-refractivity contribution in [1.82, 2.24) is 5.01 Å². The number of hydrazone groups is 1. The fourth-order valence-electron chi connectivity index (χ4n) is 2.95. The number of benzene rings is 1. The molecule has 31 heavy (non-hydrogen) atoms. The zero-order valence-electron chi connectivity index (χ0n) is 17.2. The van der Waals surface area contributed by atoms with E-state index in [0.717, 1.165) is 10.6 Å². The number of esters is 1. The summed E-state index contributed by atoms with van der Waals surface area (Å²) in [5.74, 6) is 0.248. The molecule has 8 nitrogen and oxygen atoms in total. The van der Waals surface area contributed by atoms with Crippen LogP contribution in [0.25, 0.3) is 17.4 Å². The Hall–Kier alpha value is -3.46. The van der Waals surface area contributed by atoms with E-state index in [4.69, 9.17) is 14.6 Å². The summed E-state index contributed by atoms with van der Waals surface area (Å²) >= 11 is 1.31. The lowest BCUT2D eigenvalue weighted by Gasteiger charge is -2.19. The summed E-state index contributed by atoms with van der Waals surface area (Å²) in [6.07, 6.45) is 1.50. The van der Waals surface area contributed by atoms with E-state index in [-0.39, 0.29) is 23.3 Å². The largest absolute Gasteiger partial charge is 0.462 e. The van der Waals surface area contributed by atoms with Crippen LogP contribution in [0, 0.1) is 11.3 Å². The minimum absolute atomic E-state index is 0.0325. The molecule has 158 valence electrons. The van der Waals surface area contributed by atoms with Crippen LogP contribution in [0.15, 0.2) is 56.5 Å². The van der Waals surface area contributed by atoms with Crippen molar-refractivity contribution in [3.63, 3.8) is 0 Å². The summed E-state index contributed by atoms with van der Waals surface area (Å²) in [6.45, 7) is 6.07. The Kier molecular flexibility index (Phi) is 5.60. The van der Waals surface area contributed by atoms with Gasteiger partial charge in [0.25, 0.3) is 5.91 Å². The normalized spacial score (nSPS) is 17.2. The third kappa shape index (κ3) is 4.09. The molecule has 1 aromatic heterocycles. The van der Waals surface area contributed by atoms with Gasteiger partial charge < -0.3 is 9.15 Å². The second-order valence-corrected chi connectivity index (χ2v) is 8.10. The highest BCUT2D eigenvalue weighted by atomic mass is 32.2. The molecule has 0 saturated carbocycles. The Bertz CT molecular complexity index is 1160. The van der Waals surface area contributed by atoms with Gasteiger partial charge in [-0.1, -0.05) is 26.0 Å². The minimum Gasteiger partial charge on any atom is -0.462 e. The van der Waals surface area contributed by atoms with Crippen LogP contribution >= 0.6 is 11.8 Å². The SMILES string of the molecule is CCOC(=O)c1ccc(-c2ccc(/C=C3\C(=N)N4N=C(C(C)C)SC4=NC3=O)o2)cc1. The van der Waals surface area contributed by atoms with E-state index in [1.807, 2.05) is 13.8 Å². The molecule has 2 aromatic rings. The van der Waals surface area contributed by atoms with Crippen molar-refractivity contribution in [3.8, 4) is 11.3 Å². The smallest absolute Gasteiger partial charge is 0.338 e. The van der Waals surface area contributed by atoms with Crippen LogP contribution in [0.1, 0.15) is 36.9 Å². The van der Waals surface area contributed by atoms with E-state index >= 15 is 0 Å². The number of nitrogens with one attached hydrogen (secondary N) is 1. The number of amidine groups is 2. The summed E-state index contributed by atoms with van der Waals surface area (Å²) in [5.41, 5.74) is 1.33. The molecule has 1 amide bonds. The van der Waals surface area contributed by atoms with Crippen LogP contribution in [-0.2, 0) is 9.53 Å². The quantitative estimate of drug-likeness (QED) is 0.550. The predicted octanol–water partition coefficient (Wildman–Crippen LogP) is 4.40. The molecule has 1 N–H and O–H groups in total. The van der Waals surface area contributed by atoms with E-state index in [0.29, 0.717) is 28.9 Å². The highest BCUT2D eigenvalue weighted by molar-refractivity contribution is 8.27. The lowest BCUT2D eigenvalue weighted by Crippen LogP contribution is -2.35. The Morgan fingerprint density at radius 2 is 2.00 bits per heavy atom. The number of fused-ring (bicyclic) bond motifs is 1. The van der Waals surface area contributed by atoms with E-state index in [2.05, 4.69) is 10.1 Å². The molecule has 0 fully saturated rings. The fraction of sp³-hybridized carbons (Fsp3) is 0.227. The van der Waals surface area contributed by atoms with Gasteiger partial charge in [0.2, 0.25) is 5.17 Å². The Morgan fingerprint density at radius 3 is 2.68 bits per heavy atom. The molecule has 9 heteroatoms. The maximum Gasteiger partial charge on any atom is 0.338 e. The lowest BCUT2D eigenvalue weighted by atomic mass is 10.1. The van der Waals surface area contributed by atoms with Gasteiger partial charge in [0.15, 0.2) is 5.84 Å². The Labute approximate surface area is 183 Å². The van der Waals surface area contributed by atoms with Gasteiger partial charge in [0.1, 0.15) is 16.6 Å². The number of furan rings is 1. The lowest BCUT2D eigenvalue weighted by molar-refractivity contribution is -0.114. The third-order valence-electron chi connectivity index (χ3n) is 4.56. The minimum atomic E-state index is -0.499. The zero-order chi connectivity index (χ0) is 22.1. The van der Waals surface area contributed by atoms with Crippen LogP contribution < -0.4 is 0 Å². The van der Waals surface area contributed by atoms with Crippen LogP contribution in [0.5, 0.6) is 0 Å². The summed E-state index contributed by atoms with van der Waals surface area (Å²) in [4.78, 5) is 28.3. The van der Waals surface area contributed by atoms with Gasteiger partial charge in [-0.15, -0.1) is 0 Å². The number of rotatable bonds is 5. The molecule has 0 spiro atoms. The molecule has 0 bridgehead atoms. The standard InChI is InChI=1S/C22H20N4O4S/c1-4-29-21(28)14-7-5-13(6-8-14)17-10-9-15(30-17)11-16-18(23)26-22(24-19(16)27)31-20(25-26)12(2)3/h5-12,23H,4H2,1-3H3/b16-11+,23-18?. The van der Waals surface area contributed by atoms with Gasteiger partial charge in [-0.2, -0.15) is 15.1 Å². The summed E-state index contributed by atoms with van der Waals surface area (Å²) < 4.78 is 10.8. The monoisotopic (exact) mass is 436 g/mol. The van der Waals surface area contributed by atoms with Crippen LogP contribution in [-0.4, -0.2) is 39.5 Å². The molecule has 2 aliphatic heterocycles. The molecule has 0 aliphatic carbocycles. The molecule has 0 unspecified atom stereocenters. The number of ether oxygens (including phenoxy) is 1. The molecule has 0 radical (unpaired) electrons. The molecular formula is C22H20N4O4S. The van der Waals surface area contributed by atoms with Crippen molar-refractivity contribution < 1.29 is 18.7 Å². The number of aliphatic imine (C=N–C) groups is 1. The fourth-order valence-corrected chi connectivity index (χ4v) is 3.85. The number of carbonyl (C=O) groups is 2. The number of amides is 1. The Morgan fingerprint density at radius 1 is 1.26 bits per heavy atom. The second-order valence-electron chi connectivity index (χ2n) is 7.11. The first-order valence-corrected chi connectivity index (χ1v) is 10.6. The van der Waals surface area contributed by atoms with Crippen molar-refractivity contribution in [2.24, 2.45) is 16.0 Å². The van der Waals surface area contributed by atoms with Gasteiger partial charge in [-0.3, -0.25) is 10.2 Å². The highest BCUT2D eigenvalue weighted by Crippen LogP contribution is 2.31. The third-order valence-corrected chi connectivity index (χ3v) is 5.77. The molecule has 4 rings (SSSR count). The van der Waals surface area contributed by atoms with E-state index in [9.17, 15) is 9.59 Å². The maximum absolute atomic E-state index is 12.5. The van der Waals surface area contributed by atoms with Crippen molar-refractivity contribution in [2.45, 2.75) is 20.8 Å². The van der Waals surface area contributed by atoms with Gasteiger partial charge >= 0.3 is 5.97 Å². The van der Waals surface area contributed by atoms with Crippen molar-refractivity contribution in [1.29, 1.82) is 5.41 Å². The second kappa shape index (κ2) is 8.35. The number of hydrogen-bond donors (Lipinski definition) is 1. The van der Waals surface area contributed by atoms with Gasteiger partial charge in [-0.05, 0) is 49.0 Å². The first-order chi connectivity index (χ1) is 14.9. The number of carbonyl (C=O) groups excluding carboxylic acids is 2.